The van der Waals surface area contributed by atoms with Crippen LogP contribution in [0.2, 0.25) is 0 Å². The van der Waals surface area contributed by atoms with Gasteiger partial charge in [-0.1, -0.05) is 0 Å². The van der Waals surface area contributed by atoms with Gasteiger partial charge in [-0.3, -0.25) is 53.5 Å². The highest BCUT2D eigenvalue weighted by molar-refractivity contribution is 7.80. The molecule has 0 aliphatic carbocycles. The third-order valence-electron chi connectivity index (χ3n) is 9.64. The Morgan fingerprint density at radius 3 is 1.87 bits per heavy atom. The van der Waals surface area contributed by atoms with Crippen LogP contribution in [-0.4, -0.2) is 155 Å². The SMILES string of the molecule is C[C@H](NC(=O)[C@H](CC(=O)O)NC(=O)[C@H](CCCNC(N)N)NC(=O)[C@H](CC(=O)O)NC(=O)CC[C@@H](NC(=O)c1ccc(NCc2cnc3nc(N)[nH]c(=O)c3n2)cc1)C(=O)O)C(=O)N[C@@H](CS)C(=O)O. The summed E-state index contributed by atoms with van der Waals surface area (Å²) in [5, 5.41) is 56.9. The van der Waals surface area contributed by atoms with Crippen LogP contribution in [0.25, 0.3) is 11.2 Å². The van der Waals surface area contributed by atoms with Gasteiger partial charge < -0.3 is 74.8 Å². The lowest BCUT2D eigenvalue weighted by molar-refractivity contribution is -0.143. The van der Waals surface area contributed by atoms with Crippen LogP contribution in [0.3, 0.4) is 0 Å². The number of carbonyl (C=O) groups excluding carboxylic acids is 6. The molecule has 0 spiro atoms. The number of nitrogens with one attached hydrogen (secondary N) is 9. The maximum Gasteiger partial charge on any atom is 0.327 e. The lowest BCUT2D eigenvalue weighted by Gasteiger charge is -2.25. The van der Waals surface area contributed by atoms with E-state index in [0.717, 1.165) is 6.92 Å². The molecule has 6 atom stereocenters. The Hall–Kier alpha value is -8.03. The molecule has 0 saturated heterocycles. The van der Waals surface area contributed by atoms with E-state index in [1.165, 1.54) is 30.5 Å². The van der Waals surface area contributed by atoms with Gasteiger partial charge in [-0.15, -0.1) is 0 Å². The average molecular weight is 1000 g/mol. The zero-order chi connectivity index (χ0) is 52.2. The Bertz CT molecular complexity index is 2480. The summed E-state index contributed by atoms with van der Waals surface area (Å²) >= 11 is 3.83. The molecule has 2 aromatic heterocycles. The largest absolute Gasteiger partial charge is 0.481 e. The van der Waals surface area contributed by atoms with Crippen molar-refractivity contribution in [2.24, 2.45) is 11.5 Å². The zero-order valence-corrected chi connectivity index (χ0v) is 38.0. The van der Waals surface area contributed by atoms with Crippen LogP contribution < -0.4 is 65.3 Å². The molecule has 380 valence electrons. The molecule has 3 aromatic rings. The quantitative estimate of drug-likeness (QED) is 0.0176. The first kappa shape index (κ1) is 56.3. The second-order valence-electron chi connectivity index (χ2n) is 15.2. The second kappa shape index (κ2) is 27.1. The van der Waals surface area contributed by atoms with Crippen molar-refractivity contribution in [2.75, 3.05) is 23.3 Å². The molecule has 0 saturated carbocycles. The summed E-state index contributed by atoms with van der Waals surface area (Å²) < 4.78 is 0. The predicted octanol–water partition coefficient (Wildman–Crippen LogP) is -5.15. The van der Waals surface area contributed by atoms with Crippen molar-refractivity contribution in [1.82, 2.24) is 57.2 Å². The van der Waals surface area contributed by atoms with Crippen molar-refractivity contribution < 1.29 is 68.4 Å². The normalized spacial score (nSPS) is 13.6. The molecule has 1 aromatic carbocycles. The monoisotopic (exact) mass is 1000 g/mol. The summed E-state index contributed by atoms with van der Waals surface area (Å²) in [5.74, 6) is -13.1. The number of nitrogens with two attached hydrogens (primary N) is 3. The molecule has 0 aliphatic heterocycles. The molecule has 70 heavy (non-hydrogen) atoms. The summed E-state index contributed by atoms with van der Waals surface area (Å²) in [4.78, 5) is 152. The average Bonchev–Trinajstić information content (AvgIpc) is 3.28. The minimum Gasteiger partial charge on any atom is -0.481 e. The number of anilines is 2. The zero-order valence-electron chi connectivity index (χ0n) is 37.1. The number of nitrogen functional groups attached to an aromatic ring is 1. The van der Waals surface area contributed by atoms with Crippen molar-refractivity contribution in [3.8, 4) is 0 Å². The Labute approximate surface area is 400 Å². The number of benzene rings is 1. The molecular formula is C39H53N15O15S. The van der Waals surface area contributed by atoms with E-state index in [2.05, 4.69) is 75.1 Å². The number of aliphatic carboxylic acids is 4. The van der Waals surface area contributed by atoms with Gasteiger partial charge in [0.1, 0.15) is 42.5 Å². The smallest absolute Gasteiger partial charge is 0.327 e. The first-order valence-corrected chi connectivity index (χ1v) is 21.5. The van der Waals surface area contributed by atoms with Gasteiger partial charge in [0.15, 0.2) is 11.2 Å². The third-order valence-corrected chi connectivity index (χ3v) is 10.0. The molecule has 6 amide bonds. The predicted molar refractivity (Wildman–Crippen MR) is 245 cm³/mol. The number of carbonyl (C=O) groups is 10. The number of thiol groups is 1. The van der Waals surface area contributed by atoms with Gasteiger partial charge >= 0.3 is 23.9 Å². The molecular weight excluding hydrogens is 951 g/mol. The van der Waals surface area contributed by atoms with E-state index >= 15 is 0 Å². The number of hydrogen-bond donors (Lipinski definition) is 17. The first-order chi connectivity index (χ1) is 33.0. The molecule has 3 rings (SSSR count). The van der Waals surface area contributed by atoms with E-state index in [1.54, 1.807) is 0 Å². The Balaban J connectivity index is 1.66. The molecule has 2 heterocycles. The fourth-order valence-corrected chi connectivity index (χ4v) is 6.29. The van der Waals surface area contributed by atoms with E-state index in [4.69, 9.17) is 17.2 Å². The number of nitrogens with zero attached hydrogens (tertiary/aromatic N) is 3. The fourth-order valence-electron chi connectivity index (χ4n) is 6.05. The fraction of sp³-hybridized carbons (Fsp3) is 0.436. The van der Waals surface area contributed by atoms with Crippen molar-refractivity contribution in [3.05, 3.63) is 52.1 Å². The van der Waals surface area contributed by atoms with Crippen LogP contribution in [-0.2, 0) is 49.7 Å². The van der Waals surface area contributed by atoms with E-state index < -0.39 is 133 Å². The third kappa shape index (κ3) is 18.6. The van der Waals surface area contributed by atoms with Gasteiger partial charge in [0.2, 0.25) is 35.5 Å². The minimum absolute atomic E-state index is 0.0211. The summed E-state index contributed by atoms with van der Waals surface area (Å²) in [6.07, 6.45) is -3.17. The lowest BCUT2D eigenvalue weighted by Crippen LogP contribution is -2.59. The van der Waals surface area contributed by atoms with Crippen LogP contribution in [0.4, 0.5) is 11.6 Å². The number of aromatic amines is 1. The number of rotatable bonds is 29. The van der Waals surface area contributed by atoms with Crippen LogP contribution in [0.15, 0.2) is 35.3 Å². The topological polar surface area (TPSA) is 497 Å². The van der Waals surface area contributed by atoms with Gasteiger partial charge in [-0.25, -0.2) is 19.6 Å². The van der Waals surface area contributed by atoms with Crippen LogP contribution in [0, 0.1) is 0 Å². The van der Waals surface area contributed by atoms with Crippen molar-refractivity contribution in [3.63, 3.8) is 0 Å². The second-order valence-corrected chi connectivity index (χ2v) is 15.6. The van der Waals surface area contributed by atoms with Crippen LogP contribution >= 0.6 is 12.6 Å². The summed E-state index contributed by atoms with van der Waals surface area (Å²) in [6.45, 7) is 1.30. The first-order valence-electron chi connectivity index (χ1n) is 20.9. The summed E-state index contributed by atoms with van der Waals surface area (Å²) in [5.41, 5.74) is 16.8. The number of aromatic nitrogens is 4. The van der Waals surface area contributed by atoms with Gasteiger partial charge in [0.25, 0.3) is 11.5 Å². The van der Waals surface area contributed by atoms with Gasteiger partial charge in [-0.05, 0) is 57.0 Å². The van der Waals surface area contributed by atoms with Crippen LogP contribution in [0.1, 0.15) is 61.5 Å². The van der Waals surface area contributed by atoms with E-state index in [-0.39, 0.29) is 54.4 Å². The van der Waals surface area contributed by atoms with E-state index in [1.807, 2.05) is 0 Å². The molecule has 0 radical (unpaired) electrons. The molecule has 0 bridgehead atoms. The number of amides is 6. The molecule has 19 N–H and O–H groups in total. The summed E-state index contributed by atoms with van der Waals surface area (Å²) in [7, 11) is 0. The van der Waals surface area contributed by atoms with Crippen molar-refractivity contribution in [2.45, 2.75) is 94.5 Å². The lowest BCUT2D eigenvalue weighted by atomic mass is 10.1. The molecule has 0 aliphatic rings. The van der Waals surface area contributed by atoms with Crippen molar-refractivity contribution in [1.29, 1.82) is 0 Å². The maximum absolute atomic E-state index is 13.6. The number of H-pyrrole nitrogens is 1. The molecule has 31 heteroatoms. The molecule has 0 unspecified atom stereocenters. The Kier molecular flexibility index (Phi) is 21.8. The van der Waals surface area contributed by atoms with Gasteiger partial charge in [-0.2, -0.15) is 17.6 Å². The van der Waals surface area contributed by atoms with Crippen LogP contribution in [0.5, 0.6) is 0 Å². The highest BCUT2D eigenvalue weighted by Crippen LogP contribution is 2.13. The highest BCUT2D eigenvalue weighted by atomic mass is 32.1. The van der Waals surface area contributed by atoms with Crippen molar-refractivity contribution >= 4 is 94.7 Å². The standard InChI is InChI=1S/C39H53N15O15S/c1-16(30(60)52-24(15-70)37(68)69)46-33(63)23(12-27(58)59)51-32(62)20(3-2-10-43-38(40)41)49-34(64)22(11-26(56)57)48-25(55)9-8-21(36(66)67)50-31(61)17-4-6-18(7-5-17)44-13-19-14-45-29-28(47-19)35(65)54-39(42)53-29/h4-7,14,16,20-24,38,43-44,70H,2-3,8-13,15,40-41H2,1H3,(H,46,63)(H,48,55)(H,49,64)(H,50,61)(H,51,62)(H,52,60)(H,56,57)(H,58,59)(H,66,67)(H,68,69)(H3,42,45,53,54,65)/t16-,20-,21+,22-,23-,24-/m0/s1. The molecule has 30 nitrogen and oxygen atoms in total. The Morgan fingerprint density at radius 1 is 0.714 bits per heavy atom. The number of hydrogen-bond acceptors (Lipinski definition) is 20. The maximum atomic E-state index is 13.6. The van der Waals surface area contributed by atoms with E-state index in [9.17, 15) is 73.2 Å². The molecule has 0 fully saturated rings. The van der Waals surface area contributed by atoms with Gasteiger partial charge in [0.05, 0.1) is 31.3 Å². The van der Waals surface area contributed by atoms with Gasteiger partial charge in [0, 0.05) is 23.4 Å². The van der Waals surface area contributed by atoms with E-state index in [0.29, 0.717) is 11.4 Å². The minimum atomic E-state index is -1.89. The Morgan fingerprint density at radius 2 is 1.29 bits per heavy atom. The number of fused-ring (bicyclic) bond motifs is 1. The highest BCUT2D eigenvalue weighted by Gasteiger charge is 2.33. The summed E-state index contributed by atoms with van der Waals surface area (Å²) in [6, 6.07) is -4.24. The number of carboxylic acids is 4. The number of carboxylic acid groups (broad SMARTS) is 4.